The predicted octanol–water partition coefficient (Wildman–Crippen LogP) is 6.42. The topological polar surface area (TPSA) is 204 Å². The Balaban J connectivity index is 0.821. The van der Waals surface area contributed by atoms with Crippen molar-refractivity contribution in [1.29, 1.82) is 0 Å². The fourth-order valence-electron chi connectivity index (χ4n) is 8.02. The van der Waals surface area contributed by atoms with Crippen LogP contribution in [0, 0.1) is 0 Å². The molecule has 1 atom stereocenters. The lowest BCUT2D eigenvalue weighted by atomic mass is 10.0. The van der Waals surface area contributed by atoms with Crippen molar-refractivity contribution >= 4 is 88.1 Å². The largest absolute Gasteiger partial charge is 0.494 e. The quantitative estimate of drug-likeness (QED) is 0.0442. The van der Waals surface area contributed by atoms with Crippen molar-refractivity contribution in [2.75, 3.05) is 60.9 Å². The van der Waals surface area contributed by atoms with E-state index in [0.717, 1.165) is 62.2 Å². The van der Waals surface area contributed by atoms with Crippen molar-refractivity contribution in [2.24, 2.45) is 0 Å². The molecule has 1 unspecified atom stereocenters. The summed E-state index contributed by atoms with van der Waals surface area (Å²) in [5, 5.41) is 16.2. The number of carbonyl (C=O) groups is 5. The Morgan fingerprint density at radius 1 is 0.903 bits per heavy atom. The number of ether oxygens (including phenoxy) is 1. The number of nitrogens with one attached hydrogen (secondary N) is 5. The number of piperidine rings is 2. The van der Waals surface area contributed by atoms with Crippen molar-refractivity contribution in [1.82, 2.24) is 25.5 Å². The molecule has 5 amide bonds. The summed E-state index contributed by atoms with van der Waals surface area (Å²) in [5.74, 6) is -0.791. The molecule has 3 aliphatic rings. The summed E-state index contributed by atoms with van der Waals surface area (Å²) in [5.41, 5.74) is 3.35. The molecular formula is C44H51ClN9O7P. The Bertz CT molecular complexity index is 2420. The van der Waals surface area contributed by atoms with E-state index in [1.807, 2.05) is 42.5 Å². The lowest BCUT2D eigenvalue weighted by Gasteiger charge is -2.34. The smallest absolute Gasteiger partial charge is 0.264 e. The number of nitrogens with zero attached hydrogens (tertiary/aromatic N) is 4. The molecule has 0 bridgehead atoms. The number of benzene rings is 3. The molecule has 2 fully saturated rings. The van der Waals surface area contributed by atoms with Gasteiger partial charge in [0, 0.05) is 61.3 Å². The van der Waals surface area contributed by atoms with E-state index in [1.54, 1.807) is 38.6 Å². The van der Waals surface area contributed by atoms with E-state index in [4.69, 9.17) is 16.3 Å². The standard InChI is InChI=1S/C44H51ClN9O7P/c1-61-35-25-28(16-17-31(35)50-44-47-26-30(45)40(52-44)49-32-12-7-8-14-36(32)62(2,3)60)53-23-20-27(21-24-53)48-37(55)15-6-4-5-9-22-46-33-13-10-11-29-39(33)43(59)54(42(29)58)34-18-19-38(56)51-41(34)57/h7-8,10-14,16-17,25-27,34,46H,4-6,9,15,18-24H2,1-3H3,(H,48,55)(H,51,56,57)(H2,47,49,50,52). The molecule has 0 spiro atoms. The number of amides is 5. The molecule has 0 saturated carbocycles. The van der Waals surface area contributed by atoms with Gasteiger partial charge in [0.15, 0.2) is 5.82 Å². The highest BCUT2D eigenvalue weighted by molar-refractivity contribution is 7.70. The molecule has 7 rings (SSSR count). The molecule has 3 aromatic carbocycles. The number of rotatable bonds is 17. The first kappa shape index (κ1) is 44.1. The maximum atomic E-state index is 13.3. The Morgan fingerprint density at radius 3 is 2.42 bits per heavy atom. The molecule has 326 valence electrons. The molecule has 2 saturated heterocycles. The minimum atomic E-state index is -2.57. The number of aromatic nitrogens is 2. The van der Waals surface area contributed by atoms with Gasteiger partial charge >= 0.3 is 0 Å². The first-order valence-electron chi connectivity index (χ1n) is 20.8. The number of carbonyl (C=O) groups excluding carboxylic acids is 5. The summed E-state index contributed by atoms with van der Waals surface area (Å²) in [6.07, 6.45) is 7.05. The second-order valence-electron chi connectivity index (χ2n) is 16.0. The second kappa shape index (κ2) is 19.4. The molecule has 3 aliphatic heterocycles. The minimum Gasteiger partial charge on any atom is -0.494 e. The number of imide groups is 2. The van der Waals surface area contributed by atoms with Gasteiger partial charge in [-0.3, -0.25) is 34.2 Å². The third-order valence-electron chi connectivity index (χ3n) is 11.3. The molecule has 5 N–H and O–H groups in total. The Labute approximate surface area is 365 Å². The summed E-state index contributed by atoms with van der Waals surface area (Å²) in [6, 6.07) is 17.4. The summed E-state index contributed by atoms with van der Waals surface area (Å²) in [4.78, 5) is 75.5. The lowest BCUT2D eigenvalue weighted by Crippen LogP contribution is -2.54. The van der Waals surface area contributed by atoms with E-state index in [9.17, 15) is 28.5 Å². The summed E-state index contributed by atoms with van der Waals surface area (Å²) >= 11 is 6.45. The van der Waals surface area contributed by atoms with Crippen molar-refractivity contribution in [3.63, 3.8) is 0 Å². The maximum absolute atomic E-state index is 13.3. The number of unbranched alkanes of at least 4 members (excludes halogenated alkanes) is 3. The number of halogens is 1. The van der Waals surface area contributed by atoms with Crippen molar-refractivity contribution in [3.05, 3.63) is 83.0 Å². The van der Waals surface area contributed by atoms with Gasteiger partial charge in [-0.1, -0.05) is 42.6 Å². The van der Waals surface area contributed by atoms with Gasteiger partial charge in [0.1, 0.15) is 24.0 Å². The molecule has 16 nitrogen and oxygen atoms in total. The van der Waals surface area contributed by atoms with Gasteiger partial charge < -0.3 is 35.5 Å². The van der Waals surface area contributed by atoms with Crippen molar-refractivity contribution in [3.8, 4) is 5.75 Å². The number of anilines is 6. The normalized spacial score (nSPS) is 16.8. The van der Waals surface area contributed by atoms with Crippen LogP contribution in [0.5, 0.6) is 5.75 Å². The first-order chi connectivity index (χ1) is 29.8. The SMILES string of the molecule is COc1cc(N2CCC(NC(=O)CCCCCCNc3cccc4c3C(=O)N(C3CCC(=O)NC3=O)C4=O)CC2)ccc1Nc1ncc(Cl)c(Nc2ccccc2P(C)(C)=O)n1. The van der Waals surface area contributed by atoms with Crippen LogP contribution in [-0.4, -0.2) is 96.6 Å². The van der Waals surface area contributed by atoms with E-state index in [-0.39, 0.29) is 35.9 Å². The van der Waals surface area contributed by atoms with Gasteiger partial charge in [0.2, 0.25) is 23.7 Å². The van der Waals surface area contributed by atoms with Gasteiger partial charge in [-0.15, -0.1) is 0 Å². The zero-order valence-electron chi connectivity index (χ0n) is 35.0. The lowest BCUT2D eigenvalue weighted by molar-refractivity contribution is -0.136. The zero-order valence-corrected chi connectivity index (χ0v) is 36.6. The zero-order chi connectivity index (χ0) is 44.0. The minimum absolute atomic E-state index is 0.0463. The van der Waals surface area contributed by atoms with E-state index in [2.05, 4.69) is 41.5 Å². The second-order valence-corrected chi connectivity index (χ2v) is 19.6. The number of para-hydroxylation sites is 1. The van der Waals surface area contributed by atoms with Gasteiger partial charge in [-0.05, 0) is 81.8 Å². The molecule has 4 heterocycles. The average Bonchev–Trinajstić information content (AvgIpc) is 3.50. The highest BCUT2D eigenvalue weighted by Gasteiger charge is 2.45. The first-order valence-corrected chi connectivity index (χ1v) is 23.8. The third-order valence-corrected chi connectivity index (χ3v) is 13.1. The van der Waals surface area contributed by atoms with Crippen LogP contribution < -0.4 is 41.5 Å². The van der Waals surface area contributed by atoms with E-state index < -0.39 is 36.8 Å². The third kappa shape index (κ3) is 10.2. The molecule has 0 aliphatic carbocycles. The molecule has 0 radical (unpaired) electrons. The molecule has 1 aromatic heterocycles. The van der Waals surface area contributed by atoms with Crippen LogP contribution >= 0.6 is 18.7 Å². The van der Waals surface area contributed by atoms with Crippen LogP contribution in [0.15, 0.2) is 66.9 Å². The number of fused-ring (bicyclic) bond motifs is 1. The Kier molecular flexibility index (Phi) is 13.8. The van der Waals surface area contributed by atoms with Gasteiger partial charge in [-0.2, -0.15) is 4.98 Å². The fourth-order valence-corrected chi connectivity index (χ4v) is 9.32. The van der Waals surface area contributed by atoms with Crippen molar-refractivity contribution < 1.29 is 33.3 Å². The fraction of sp³-hybridized carbons (Fsp3) is 0.386. The Morgan fingerprint density at radius 2 is 1.66 bits per heavy atom. The van der Waals surface area contributed by atoms with Crippen LogP contribution in [-0.2, 0) is 18.9 Å². The predicted molar refractivity (Wildman–Crippen MR) is 240 cm³/mol. The Hall–Kier alpha value is -5.99. The number of hydrogen-bond donors (Lipinski definition) is 5. The maximum Gasteiger partial charge on any atom is 0.264 e. The summed E-state index contributed by atoms with van der Waals surface area (Å²) < 4.78 is 18.6. The van der Waals surface area contributed by atoms with Crippen molar-refractivity contribution in [2.45, 2.75) is 69.9 Å². The number of methoxy groups -OCH3 is 1. The molecular weight excluding hydrogens is 833 g/mol. The molecule has 18 heteroatoms. The summed E-state index contributed by atoms with van der Waals surface area (Å²) in [6.45, 7) is 5.54. The average molecular weight is 884 g/mol. The monoisotopic (exact) mass is 883 g/mol. The van der Waals surface area contributed by atoms with Gasteiger partial charge in [0.05, 0.1) is 35.8 Å². The van der Waals surface area contributed by atoms with Gasteiger partial charge in [-0.25, -0.2) is 4.98 Å². The molecule has 62 heavy (non-hydrogen) atoms. The highest BCUT2D eigenvalue weighted by Crippen LogP contribution is 2.39. The van der Waals surface area contributed by atoms with Crippen LogP contribution in [0.25, 0.3) is 0 Å². The van der Waals surface area contributed by atoms with Crippen LogP contribution in [0.2, 0.25) is 5.02 Å². The van der Waals surface area contributed by atoms with Crippen LogP contribution in [0.4, 0.5) is 34.5 Å². The summed E-state index contributed by atoms with van der Waals surface area (Å²) in [7, 11) is -0.962. The highest BCUT2D eigenvalue weighted by atomic mass is 35.5. The van der Waals surface area contributed by atoms with E-state index in [0.29, 0.717) is 57.9 Å². The number of hydrogen-bond acceptors (Lipinski definition) is 13. The van der Waals surface area contributed by atoms with Crippen LogP contribution in [0.1, 0.15) is 78.5 Å². The molecule has 4 aromatic rings. The van der Waals surface area contributed by atoms with E-state index >= 15 is 0 Å². The van der Waals surface area contributed by atoms with Crippen LogP contribution in [0.3, 0.4) is 0 Å². The van der Waals surface area contributed by atoms with Gasteiger partial charge in [0.25, 0.3) is 11.8 Å². The van der Waals surface area contributed by atoms with E-state index in [1.165, 1.54) is 6.20 Å².